The molecule has 0 bridgehead atoms. The van der Waals surface area contributed by atoms with Crippen molar-refractivity contribution >= 4 is 16.9 Å². The summed E-state index contributed by atoms with van der Waals surface area (Å²) in [4.78, 5) is 22.9. The summed E-state index contributed by atoms with van der Waals surface area (Å²) >= 11 is 0. The normalized spacial score (nSPS) is 11.0. The van der Waals surface area contributed by atoms with E-state index < -0.39 is 23.1 Å². The van der Waals surface area contributed by atoms with Crippen molar-refractivity contribution in [3.05, 3.63) is 40.8 Å². The molecule has 0 aliphatic carbocycles. The third-order valence-electron chi connectivity index (χ3n) is 3.02. The van der Waals surface area contributed by atoms with Crippen molar-refractivity contribution < 1.29 is 23.8 Å². The summed E-state index contributed by atoms with van der Waals surface area (Å²) in [6, 6.07) is 4.83. The monoisotopic (exact) mass is 318 g/mol. The fourth-order valence-electron chi connectivity index (χ4n) is 2.03. The van der Waals surface area contributed by atoms with Crippen LogP contribution in [0.2, 0.25) is 0 Å². The molecule has 0 aliphatic heterocycles. The molecule has 6 nitrogen and oxygen atoms in total. The summed E-state index contributed by atoms with van der Waals surface area (Å²) < 4.78 is 15.4. The van der Waals surface area contributed by atoms with Gasteiger partial charge in [0, 0.05) is 6.92 Å². The van der Waals surface area contributed by atoms with Gasteiger partial charge in [-0.25, -0.2) is 4.79 Å². The smallest absolute Gasteiger partial charge is 0.383 e. The maximum Gasteiger partial charge on any atom is 0.383 e. The number of carbonyl (C=O) groups is 1. The first-order valence-corrected chi connectivity index (χ1v) is 7.29. The van der Waals surface area contributed by atoms with Gasteiger partial charge < -0.3 is 19.0 Å². The van der Waals surface area contributed by atoms with Gasteiger partial charge in [0.1, 0.15) is 0 Å². The average molecular weight is 318 g/mol. The molecule has 0 unspecified atom stereocenters. The third-order valence-corrected chi connectivity index (χ3v) is 3.02. The Bertz CT molecular complexity index is 788. The van der Waals surface area contributed by atoms with Crippen LogP contribution in [0.5, 0.6) is 17.2 Å². The lowest BCUT2D eigenvalue weighted by atomic mass is 10.2. The zero-order chi connectivity index (χ0) is 16.8. The lowest BCUT2D eigenvalue weighted by Gasteiger charge is -2.09. The highest BCUT2D eigenvalue weighted by Gasteiger charge is 2.19. The summed E-state index contributed by atoms with van der Waals surface area (Å²) in [6.45, 7) is 3.58. The van der Waals surface area contributed by atoms with Crippen LogP contribution in [0, 0.1) is 0 Å². The first-order valence-electron chi connectivity index (χ1n) is 7.29. The van der Waals surface area contributed by atoms with E-state index in [9.17, 15) is 14.7 Å². The second-order valence-corrected chi connectivity index (χ2v) is 4.81. The minimum absolute atomic E-state index is 0.116. The average Bonchev–Trinajstić information content (AvgIpc) is 2.51. The van der Waals surface area contributed by atoms with Crippen LogP contribution < -0.4 is 15.1 Å². The van der Waals surface area contributed by atoms with Crippen molar-refractivity contribution in [1.82, 2.24) is 0 Å². The lowest BCUT2D eigenvalue weighted by molar-refractivity contribution is -0.132. The number of rotatable bonds is 6. The molecule has 23 heavy (non-hydrogen) atoms. The second kappa shape index (κ2) is 7.49. The van der Waals surface area contributed by atoms with Gasteiger partial charge >= 0.3 is 11.6 Å². The zero-order valence-electron chi connectivity index (χ0n) is 13.0. The number of ether oxygens (including phenoxy) is 2. The third kappa shape index (κ3) is 3.91. The molecule has 6 heteroatoms. The van der Waals surface area contributed by atoms with Crippen LogP contribution in [0.3, 0.4) is 0 Å². The summed E-state index contributed by atoms with van der Waals surface area (Å²) in [5.74, 6) is -1.34. The zero-order valence-corrected chi connectivity index (χ0v) is 13.0. The van der Waals surface area contributed by atoms with Crippen molar-refractivity contribution in [2.45, 2.75) is 26.7 Å². The Morgan fingerprint density at radius 1 is 1.35 bits per heavy atom. The predicted molar refractivity (Wildman–Crippen MR) is 85.0 cm³/mol. The van der Waals surface area contributed by atoms with Crippen molar-refractivity contribution in [2.75, 3.05) is 6.61 Å². The molecular formula is C17H18O6. The predicted octanol–water partition coefficient (Wildman–Crippen LogP) is 3.16. The quantitative estimate of drug-likeness (QED) is 0.381. The van der Waals surface area contributed by atoms with Gasteiger partial charge in [-0.1, -0.05) is 25.1 Å². The van der Waals surface area contributed by atoms with E-state index in [-0.39, 0.29) is 11.0 Å². The highest BCUT2D eigenvalue weighted by Crippen LogP contribution is 2.35. The number of esters is 1. The van der Waals surface area contributed by atoms with Gasteiger partial charge in [0.2, 0.25) is 0 Å². The van der Waals surface area contributed by atoms with Gasteiger partial charge in [0.15, 0.2) is 17.1 Å². The molecule has 0 fully saturated rings. The fourth-order valence-corrected chi connectivity index (χ4v) is 2.03. The van der Waals surface area contributed by atoms with E-state index in [0.717, 1.165) is 13.3 Å². The molecule has 0 atom stereocenters. The molecular weight excluding hydrogens is 300 g/mol. The van der Waals surface area contributed by atoms with Gasteiger partial charge in [0.05, 0.1) is 12.0 Å². The van der Waals surface area contributed by atoms with Crippen LogP contribution in [-0.4, -0.2) is 17.7 Å². The van der Waals surface area contributed by atoms with Crippen LogP contribution >= 0.6 is 0 Å². The van der Waals surface area contributed by atoms with Crippen LogP contribution in [0.15, 0.2) is 39.6 Å². The van der Waals surface area contributed by atoms with Crippen LogP contribution in [0.1, 0.15) is 26.7 Å². The van der Waals surface area contributed by atoms with Crippen LogP contribution in [0.25, 0.3) is 11.0 Å². The highest BCUT2D eigenvalue weighted by molar-refractivity contribution is 5.90. The molecule has 0 amide bonds. The van der Waals surface area contributed by atoms with E-state index in [0.29, 0.717) is 18.8 Å². The maximum absolute atomic E-state index is 11.9. The van der Waals surface area contributed by atoms with Crippen molar-refractivity contribution in [3.63, 3.8) is 0 Å². The van der Waals surface area contributed by atoms with Gasteiger partial charge in [-0.3, -0.25) is 4.79 Å². The molecule has 0 aliphatic rings. The second-order valence-electron chi connectivity index (χ2n) is 4.81. The number of benzene rings is 1. The van der Waals surface area contributed by atoms with Crippen molar-refractivity contribution in [2.24, 2.45) is 0 Å². The molecule has 0 radical (unpaired) electrons. The van der Waals surface area contributed by atoms with Gasteiger partial charge in [0.25, 0.3) is 5.75 Å². The first kappa shape index (κ1) is 16.6. The molecule has 1 aromatic carbocycles. The summed E-state index contributed by atoms with van der Waals surface area (Å²) in [7, 11) is 0. The van der Waals surface area contributed by atoms with Crippen LogP contribution in [0.4, 0.5) is 0 Å². The SMILES string of the molecule is CCC=CCCOc1cccc2c(O)c(OC(C)=O)c(=O)oc12. The number of allylic oxidation sites excluding steroid dienone is 1. The molecule has 0 spiro atoms. The number of aromatic hydroxyl groups is 1. The lowest BCUT2D eigenvalue weighted by Crippen LogP contribution is -2.11. The van der Waals surface area contributed by atoms with E-state index in [1.54, 1.807) is 18.2 Å². The Morgan fingerprint density at radius 2 is 2.13 bits per heavy atom. The van der Waals surface area contributed by atoms with Gasteiger partial charge in [-0.05, 0) is 25.0 Å². The molecule has 1 heterocycles. The maximum atomic E-state index is 11.9. The molecule has 122 valence electrons. The number of carbonyl (C=O) groups excluding carboxylic acids is 1. The minimum atomic E-state index is -0.938. The Hall–Kier alpha value is -2.76. The number of hydrogen-bond acceptors (Lipinski definition) is 6. The summed E-state index contributed by atoms with van der Waals surface area (Å²) in [5.41, 5.74) is -0.822. The summed E-state index contributed by atoms with van der Waals surface area (Å²) in [5, 5.41) is 10.4. The van der Waals surface area contributed by atoms with Gasteiger partial charge in [-0.15, -0.1) is 0 Å². The van der Waals surface area contributed by atoms with Crippen molar-refractivity contribution in [1.29, 1.82) is 0 Å². The molecule has 1 aromatic heterocycles. The van der Waals surface area contributed by atoms with E-state index in [1.807, 2.05) is 19.1 Å². The Morgan fingerprint density at radius 3 is 2.83 bits per heavy atom. The number of para-hydroxylation sites is 1. The van der Waals surface area contributed by atoms with E-state index in [4.69, 9.17) is 13.9 Å². The molecule has 2 rings (SSSR count). The van der Waals surface area contributed by atoms with Crippen molar-refractivity contribution in [3.8, 4) is 17.2 Å². The first-order chi connectivity index (χ1) is 11.0. The topological polar surface area (TPSA) is 86.0 Å². The standard InChI is InChI=1S/C17H18O6/c1-3-4-5-6-10-21-13-9-7-8-12-14(19)16(22-11(2)18)17(20)23-15(12)13/h4-5,7-9,19H,3,6,10H2,1-2H3. The van der Waals surface area contributed by atoms with Gasteiger partial charge in [-0.2, -0.15) is 0 Å². The molecule has 0 saturated carbocycles. The largest absolute Gasteiger partial charge is 0.504 e. The molecule has 0 saturated heterocycles. The van der Waals surface area contributed by atoms with E-state index >= 15 is 0 Å². The Balaban J connectivity index is 2.36. The van der Waals surface area contributed by atoms with E-state index in [2.05, 4.69) is 0 Å². The fraction of sp³-hybridized carbons (Fsp3) is 0.294. The Kier molecular flexibility index (Phi) is 5.41. The Labute approximate surface area is 132 Å². The van der Waals surface area contributed by atoms with Crippen LogP contribution in [-0.2, 0) is 4.79 Å². The highest BCUT2D eigenvalue weighted by atomic mass is 16.6. The minimum Gasteiger partial charge on any atom is -0.504 e. The number of hydrogen-bond donors (Lipinski definition) is 1. The molecule has 2 aromatic rings. The molecule has 1 N–H and O–H groups in total. The van der Waals surface area contributed by atoms with E-state index in [1.165, 1.54) is 0 Å². The number of fused-ring (bicyclic) bond motifs is 1. The summed E-state index contributed by atoms with van der Waals surface area (Å²) in [6.07, 6.45) is 5.70.